The van der Waals surface area contributed by atoms with Gasteiger partial charge in [0.25, 0.3) is 0 Å². The molecule has 2 unspecified atom stereocenters. The van der Waals surface area contributed by atoms with Crippen molar-refractivity contribution in [1.82, 2.24) is 0 Å². The highest BCUT2D eigenvalue weighted by atomic mass is 16.1. The fourth-order valence-corrected chi connectivity index (χ4v) is 2.46. The summed E-state index contributed by atoms with van der Waals surface area (Å²) in [5.74, 6) is 0.794. The van der Waals surface area contributed by atoms with Gasteiger partial charge in [0.2, 0.25) is 5.91 Å². The summed E-state index contributed by atoms with van der Waals surface area (Å²) < 4.78 is 0. The van der Waals surface area contributed by atoms with E-state index in [1.165, 1.54) is 26.2 Å². The van der Waals surface area contributed by atoms with Gasteiger partial charge in [-0.2, -0.15) is 0 Å². The van der Waals surface area contributed by atoms with Crippen LogP contribution in [0.1, 0.15) is 33.1 Å². The Morgan fingerprint density at radius 2 is 2.06 bits per heavy atom. The maximum atomic E-state index is 11.0. The Morgan fingerprint density at radius 3 is 2.71 bits per heavy atom. The molecular weight excluding hydrogens is 212 g/mol. The number of benzene rings is 1. The number of rotatable bonds is 3. The minimum atomic E-state index is -0.0309. The van der Waals surface area contributed by atoms with Crippen molar-refractivity contribution in [2.75, 3.05) is 10.6 Å². The van der Waals surface area contributed by atoms with Gasteiger partial charge in [0.1, 0.15) is 0 Å². The highest BCUT2D eigenvalue weighted by molar-refractivity contribution is 5.89. The Morgan fingerprint density at radius 1 is 1.29 bits per heavy atom. The molecule has 17 heavy (non-hydrogen) atoms. The van der Waals surface area contributed by atoms with Gasteiger partial charge in [0.15, 0.2) is 0 Å². The molecule has 0 aromatic heterocycles. The fourth-order valence-electron chi connectivity index (χ4n) is 2.46. The van der Waals surface area contributed by atoms with Crippen LogP contribution >= 0.6 is 0 Å². The monoisotopic (exact) mass is 232 g/mol. The minimum Gasteiger partial charge on any atom is -0.382 e. The first-order chi connectivity index (χ1) is 8.13. The summed E-state index contributed by atoms with van der Waals surface area (Å²) in [4.78, 5) is 11.0. The molecule has 92 valence electrons. The zero-order chi connectivity index (χ0) is 12.3. The first-order valence-corrected chi connectivity index (χ1v) is 6.27. The summed E-state index contributed by atoms with van der Waals surface area (Å²) in [6, 6.07) is 8.49. The molecule has 3 heteroatoms. The van der Waals surface area contributed by atoms with E-state index in [1.807, 2.05) is 24.3 Å². The Kier molecular flexibility index (Phi) is 3.67. The molecule has 2 atom stereocenters. The van der Waals surface area contributed by atoms with Gasteiger partial charge in [-0.1, -0.05) is 13.0 Å². The van der Waals surface area contributed by atoms with Crippen molar-refractivity contribution in [3.8, 4) is 0 Å². The summed E-state index contributed by atoms with van der Waals surface area (Å²) in [7, 11) is 0. The SMILES string of the molecule is CC(=O)Nc1cccc(NC2CCC(C)C2)c1. The van der Waals surface area contributed by atoms with E-state index in [1.54, 1.807) is 0 Å². The molecule has 3 nitrogen and oxygen atoms in total. The molecule has 1 fully saturated rings. The van der Waals surface area contributed by atoms with Gasteiger partial charge < -0.3 is 10.6 Å². The molecule has 1 aromatic carbocycles. The quantitative estimate of drug-likeness (QED) is 0.840. The molecule has 1 amide bonds. The third-order valence-corrected chi connectivity index (χ3v) is 3.25. The van der Waals surface area contributed by atoms with Crippen molar-refractivity contribution >= 4 is 17.3 Å². The van der Waals surface area contributed by atoms with E-state index >= 15 is 0 Å². The van der Waals surface area contributed by atoms with Crippen molar-refractivity contribution in [2.24, 2.45) is 5.92 Å². The number of carbonyl (C=O) groups is 1. The van der Waals surface area contributed by atoms with Crippen LogP contribution in [0.2, 0.25) is 0 Å². The summed E-state index contributed by atoms with van der Waals surface area (Å²) in [6.45, 7) is 3.83. The Hall–Kier alpha value is -1.51. The second kappa shape index (κ2) is 5.21. The molecular formula is C14H20N2O. The van der Waals surface area contributed by atoms with Crippen molar-refractivity contribution in [3.63, 3.8) is 0 Å². The average Bonchev–Trinajstić information content (AvgIpc) is 2.63. The lowest BCUT2D eigenvalue weighted by Gasteiger charge is -2.14. The summed E-state index contributed by atoms with van der Waals surface area (Å²) >= 11 is 0. The van der Waals surface area contributed by atoms with Crippen molar-refractivity contribution < 1.29 is 4.79 Å². The molecule has 1 aliphatic carbocycles. The number of hydrogen-bond acceptors (Lipinski definition) is 2. The van der Waals surface area contributed by atoms with Gasteiger partial charge in [-0.3, -0.25) is 4.79 Å². The molecule has 1 saturated carbocycles. The molecule has 2 N–H and O–H groups in total. The van der Waals surface area contributed by atoms with Gasteiger partial charge in [-0.25, -0.2) is 0 Å². The maximum absolute atomic E-state index is 11.0. The van der Waals surface area contributed by atoms with Crippen LogP contribution < -0.4 is 10.6 Å². The van der Waals surface area contributed by atoms with Crippen molar-refractivity contribution in [2.45, 2.75) is 39.2 Å². The largest absolute Gasteiger partial charge is 0.382 e. The zero-order valence-electron chi connectivity index (χ0n) is 10.5. The highest BCUT2D eigenvalue weighted by Gasteiger charge is 2.20. The van der Waals surface area contributed by atoms with Crippen LogP contribution in [-0.2, 0) is 4.79 Å². The predicted molar refractivity (Wildman–Crippen MR) is 71.2 cm³/mol. The van der Waals surface area contributed by atoms with Gasteiger partial charge in [-0.15, -0.1) is 0 Å². The number of anilines is 2. The van der Waals surface area contributed by atoms with Gasteiger partial charge in [0.05, 0.1) is 0 Å². The fraction of sp³-hybridized carbons (Fsp3) is 0.500. The number of amides is 1. The summed E-state index contributed by atoms with van der Waals surface area (Å²) in [5.41, 5.74) is 1.95. The van der Waals surface area contributed by atoms with Crippen molar-refractivity contribution in [1.29, 1.82) is 0 Å². The van der Waals surface area contributed by atoms with E-state index in [9.17, 15) is 4.79 Å². The normalized spacial score (nSPS) is 23.4. The van der Waals surface area contributed by atoms with Crippen LogP contribution in [0.15, 0.2) is 24.3 Å². The molecule has 0 spiro atoms. The van der Waals surface area contributed by atoms with E-state index in [-0.39, 0.29) is 5.91 Å². The van der Waals surface area contributed by atoms with Crippen LogP contribution in [-0.4, -0.2) is 11.9 Å². The third-order valence-electron chi connectivity index (χ3n) is 3.25. The van der Waals surface area contributed by atoms with Gasteiger partial charge in [0, 0.05) is 24.3 Å². The summed E-state index contributed by atoms with van der Waals surface area (Å²) in [6.07, 6.45) is 3.79. The number of hydrogen-bond donors (Lipinski definition) is 2. The molecule has 2 rings (SSSR count). The second-order valence-corrected chi connectivity index (χ2v) is 5.02. The van der Waals surface area contributed by atoms with Crippen LogP contribution in [0.25, 0.3) is 0 Å². The molecule has 0 saturated heterocycles. The van der Waals surface area contributed by atoms with E-state index in [0.29, 0.717) is 6.04 Å². The molecule has 0 radical (unpaired) electrons. The van der Waals surface area contributed by atoms with Crippen LogP contribution in [0.5, 0.6) is 0 Å². The van der Waals surface area contributed by atoms with E-state index in [0.717, 1.165) is 17.3 Å². The molecule has 0 heterocycles. The first-order valence-electron chi connectivity index (χ1n) is 6.27. The van der Waals surface area contributed by atoms with E-state index < -0.39 is 0 Å². The topological polar surface area (TPSA) is 41.1 Å². The molecule has 0 aliphatic heterocycles. The first kappa shape index (κ1) is 12.0. The standard InChI is InChI=1S/C14H20N2O/c1-10-6-7-14(8-10)16-13-5-3-4-12(9-13)15-11(2)17/h3-5,9-10,14,16H,6-8H2,1-2H3,(H,15,17). The van der Waals surface area contributed by atoms with Crippen LogP contribution in [0.3, 0.4) is 0 Å². The number of carbonyl (C=O) groups excluding carboxylic acids is 1. The van der Waals surface area contributed by atoms with Gasteiger partial charge in [-0.05, 0) is 43.4 Å². The lowest BCUT2D eigenvalue weighted by Crippen LogP contribution is -2.15. The Balaban J connectivity index is 1.98. The van der Waals surface area contributed by atoms with Crippen LogP contribution in [0, 0.1) is 5.92 Å². The van der Waals surface area contributed by atoms with Crippen LogP contribution in [0.4, 0.5) is 11.4 Å². The van der Waals surface area contributed by atoms with E-state index in [4.69, 9.17) is 0 Å². The van der Waals surface area contributed by atoms with Crippen molar-refractivity contribution in [3.05, 3.63) is 24.3 Å². The maximum Gasteiger partial charge on any atom is 0.221 e. The van der Waals surface area contributed by atoms with E-state index in [2.05, 4.69) is 17.6 Å². The third kappa shape index (κ3) is 3.48. The van der Waals surface area contributed by atoms with Gasteiger partial charge >= 0.3 is 0 Å². The zero-order valence-corrected chi connectivity index (χ0v) is 10.5. The highest BCUT2D eigenvalue weighted by Crippen LogP contribution is 2.28. The lowest BCUT2D eigenvalue weighted by molar-refractivity contribution is -0.114. The molecule has 0 bridgehead atoms. The minimum absolute atomic E-state index is 0.0309. The molecule has 1 aromatic rings. The predicted octanol–water partition coefficient (Wildman–Crippen LogP) is 3.25. The Labute approximate surface area is 103 Å². The lowest BCUT2D eigenvalue weighted by atomic mass is 10.1. The summed E-state index contributed by atoms with van der Waals surface area (Å²) in [5, 5.41) is 6.33. The Bertz CT molecular complexity index is 403. The average molecular weight is 232 g/mol. The molecule has 1 aliphatic rings. The second-order valence-electron chi connectivity index (χ2n) is 5.02. The smallest absolute Gasteiger partial charge is 0.221 e. The number of nitrogens with one attached hydrogen (secondary N) is 2.